The third kappa shape index (κ3) is 2.02. The van der Waals surface area contributed by atoms with Crippen molar-refractivity contribution in [2.24, 2.45) is 0 Å². The maximum absolute atomic E-state index is 12.3. The van der Waals surface area contributed by atoms with E-state index in [0.717, 1.165) is 45.9 Å². The summed E-state index contributed by atoms with van der Waals surface area (Å²) in [6.45, 7) is 0. The van der Waals surface area contributed by atoms with Crippen LogP contribution in [0.15, 0.2) is 42.5 Å². The van der Waals surface area contributed by atoms with Gasteiger partial charge >= 0.3 is 0 Å². The molecular formula is C20H15N3O2. The second-order valence-corrected chi connectivity index (χ2v) is 6.22. The molecule has 3 aromatic rings. The zero-order chi connectivity index (χ0) is 17.0. The van der Waals surface area contributed by atoms with Crippen LogP contribution in [0.2, 0.25) is 0 Å². The van der Waals surface area contributed by atoms with E-state index < -0.39 is 0 Å². The molecule has 0 radical (unpaired) electrons. The largest absolute Gasteiger partial charge is 0.497 e. The molecule has 0 saturated carbocycles. The lowest BCUT2D eigenvalue weighted by molar-refractivity contribution is -0.110. The summed E-state index contributed by atoms with van der Waals surface area (Å²) in [6.07, 6.45) is 2.70. The predicted molar refractivity (Wildman–Crippen MR) is 96.3 cm³/mol. The molecular weight excluding hydrogens is 314 g/mol. The molecule has 2 aliphatic rings. The number of aromatic amines is 1. The molecule has 122 valence electrons. The van der Waals surface area contributed by atoms with E-state index in [0.29, 0.717) is 5.57 Å². The number of anilines is 1. The predicted octanol–water partition coefficient (Wildman–Crippen LogP) is 3.48. The van der Waals surface area contributed by atoms with Crippen LogP contribution in [0.4, 0.5) is 5.69 Å². The molecule has 1 aliphatic heterocycles. The number of rotatable bonds is 2. The van der Waals surface area contributed by atoms with Crippen LogP contribution in [0.3, 0.4) is 0 Å². The molecule has 1 aromatic heterocycles. The fourth-order valence-corrected chi connectivity index (χ4v) is 3.57. The van der Waals surface area contributed by atoms with Crippen molar-refractivity contribution in [3.8, 4) is 17.0 Å². The van der Waals surface area contributed by atoms with E-state index in [9.17, 15) is 4.79 Å². The number of methoxy groups -OCH3 is 1. The number of hydrogen-bond donors (Lipinski definition) is 2. The standard InChI is InChI=1S/C20H15N3O2/c1-25-12-7-6-11-8-16-18(22-23-19(16)14(11)9-12)10-15-13-4-2-3-5-17(13)21-20(15)24/h2-7,9-10H,8H2,1H3,(H,21,24)(H,22,23)/b15-10-. The first kappa shape index (κ1) is 14.0. The number of benzene rings is 2. The lowest BCUT2D eigenvalue weighted by Gasteiger charge is -2.03. The number of fused-ring (bicyclic) bond motifs is 4. The smallest absolute Gasteiger partial charge is 0.256 e. The monoisotopic (exact) mass is 329 g/mol. The van der Waals surface area contributed by atoms with Crippen molar-refractivity contribution >= 4 is 23.2 Å². The number of carbonyl (C=O) groups is 1. The number of carbonyl (C=O) groups excluding carboxylic acids is 1. The Labute approximate surface area is 144 Å². The fraction of sp³-hybridized carbons (Fsp3) is 0.100. The van der Waals surface area contributed by atoms with Gasteiger partial charge in [0.2, 0.25) is 0 Å². The van der Waals surface area contributed by atoms with Gasteiger partial charge in [0.25, 0.3) is 5.91 Å². The van der Waals surface area contributed by atoms with Crippen LogP contribution in [0.5, 0.6) is 5.75 Å². The molecule has 0 bridgehead atoms. The van der Waals surface area contributed by atoms with Gasteiger partial charge in [-0.15, -0.1) is 0 Å². The first-order valence-electron chi connectivity index (χ1n) is 8.11. The molecule has 1 aliphatic carbocycles. The Balaban J connectivity index is 1.60. The summed E-state index contributed by atoms with van der Waals surface area (Å²) >= 11 is 0. The Morgan fingerprint density at radius 2 is 2.04 bits per heavy atom. The Morgan fingerprint density at radius 1 is 1.16 bits per heavy atom. The molecule has 2 aromatic carbocycles. The SMILES string of the molecule is COc1ccc2c(c1)-c1n[nH]c(/C=C3\C(=O)Nc4ccccc43)c1C2. The number of H-pyrrole nitrogens is 1. The van der Waals surface area contributed by atoms with Crippen molar-refractivity contribution in [2.75, 3.05) is 12.4 Å². The van der Waals surface area contributed by atoms with Gasteiger partial charge in [0, 0.05) is 28.8 Å². The highest BCUT2D eigenvalue weighted by atomic mass is 16.5. The summed E-state index contributed by atoms with van der Waals surface area (Å²) in [7, 11) is 1.66. The molecule has 5 rings (SSSR count). The van der Waals surface area contributed by atoms with Gasteiger partial charge in [-0.25, -0.2) is 0 Å². The van der Waals surface area contributed by atoms with Crippen LogP contribution >= 0.6 is 0 Å². The molecule has 5 nitrogen and oxygen atoms in total. The molecule has 0 spiro atoms. The van der Waals surface area contributed by atoms with E-state index in [1.54, 1.807) is 7.11 Å². The molecule has 0 saturated heterocycles. The van der Waals surface area contributed by atoms with Crippen LogP contribution in [0, 0.1) is 0 Å². The van der Waals surface area contributed by atoms with Crippen molar-refractivity contribution < 1.29 is 9.53 Å². The number of nitrogens with one attached hydrogen (secondary N) is 2. The molecule has 0 unspecified atom stereocenters. The zero-order valence-corrected chi connectivity index (χ0v) is 13.6. The van der Waals surface area contributed by atoms with Crippen molar-refractivity contribution in [1.82, 2.24) is 10.2 Å². The Kier molecular flexibility index (Phi) is 2.85. The van der Waals surface area contributed by atoms with Gasteiger partial charge in [-0.2, -0.15) is 5.10 Å². The van der Waals surface area contributed by atoms with Crippen LogP contribution in [0.25, 0.3) is 22.9 Å². The van der Waals surface area contributed by atoms with Crippen LogP contribution in [-0.2, 0) is 11.2 Å². The zero-order valence-electron chi connectivity index (χ0n) is 13.6. The molecule has 0 fully saturated rings. The second-order valence-electron chi connectivity index (χ2n) is 6.22. The highest BCUT2D eigenvalue weighted by Crippen LogP contribution is 2.40. The summed E-state index contributed by atoms with van der Waals surface area (Å²) in [5, 5.41) is 10.5. The van der Waals surface area contributed by atoms with Gasteiger partial charge in [-0.05, 0) is 29.8 Å². The Bertz CT molecular complexity index is 1060. The highest BCUT2D eigenvalue weighted by molar-refractivity contribution is 6.34. The summed E-state index contributed by atoms with van der Waals surface area (Å²) in [4.78, 5) is 12.3. The van der Waals surface area contributed by atoms with Gasteiger partial charge in [-0.3, -0.25) is 9.89 Å². The highest BCUT2D eigenvalue weighted by Gasteiger charge is 2.27. The Morgan fingerprint density at radius 3 is 2.92 bits per heavy atom. The van der Waals surface area contributed by atoms with Crippen molar-refractivity contribution in [2.45, 2.75) is 6.42 Å². The minimum Gasteiger partial charge on any atom is -0.497 e. The summed E-state index contributed by atoms with van der Waals surface area (Å²) in [5.41, 5.74) is 7.69. The van der Waals surface area contributed by atoms with E-state index in [1.165, 1.54) is 5.56 Å². The third-order valence-corrected chi connectivity index (χ3v) is 4.84. The Hall–Kier alpha value is -3.34. The number of ether oxygens (including phenoxy) is 1. The van der Waals surface area contributed by atoms with Crippen molar-refractivity contribution in [1.29, 1.82) is 0 Å². The van der Waals surface area contributed by atoms with Crippen LogP contribution in [0.1, 0.15) is 22.4 Å². The maximum Gasteiger partial charge on any atom is 0.256 e. The lowest BCUT2D eigenvalue weighted by Crippen LogP contribution is -2.03. The molecule has 2 N–H and O–H groups in total. The van der Waals surface area contributed by atoms with E-state index in [-0.39, 0.29) is 5.91 Å². The first-order chi connectivity index (χ1) is 12.2. The van der Waals surface area contributed by atoms with Gasteiger partial charge in [0.15, 0.2) is 0 Å². The summed E-state index contributed by atoms with van der Waals surface area (Å²) in [6, 6.07) is 13.8. The van der Waals surface area contributed by atoms with Gasteiger partial charge in [0.05, 0.1) is 24.1 Å². The number of aromatic nitrogens is 2. The number of para-hydroxylation sites is 1. The molecule has 2 heterocycles. The molecule has 1 amide bonds. The van der Waals surface area contributed by atoms with Crippen LogP contribution in [-0.4, -0.2) is 23.2 Å². The lowest BCUT2D eigenvalue weighted by atomic mass is 10.0. The second kappa shape index (κ2) is 5.08. The topological polar surface area (TPSA) is 67.0 Å². The molecule has 0 atom stereocenters. The number of amides is 1. The number of hydrogen-bond acceptors (Lipinski definition) is 3. The third-order valence-electron chi connectivity index (χ3n) is 4.84. The van der Waals surface area contributed by atoms with E-state index >= 15 is 0 Å². The van der Waals surface area contributed by atoms with Crippen molar-refractivity contribution in [3.05, 3.63) is 64.8 Å². The summed E-state index contributed by atoms with van der Waals surface area (Å²) in [5.74, 6) is 0.736. The van der Waals surface area contributed by atoms with E-state index in [2.05, 4.69) is 21.6 Å². The van der Waals surface area contributed by atoms with Crippen molar-refractivity contribution in [3.63, 3.8) is 0 Å². The normalized spacial score (nSPS) is 15.7. The van der Waals surface area contributed by atoms with E-state index in [1.807, 2.05) is 42.5 Å². The van der Waals surface area contributed by atoms with Gasteiger partial charge in [-0.1, -0.05) is 24.3 Å². The quantitative estimate of drug-likeness (QED) is 0.553. The minimum absolute atomic E-state index is 0.0817. The van der Waals surface area contributed by atoms with Crippen LogP contribution < -0.4 is 10.1 Å². The average Bonchev–Trinajstić information content (AvgIpc) is 3.28. The maximum atomic E-state index is 12.3. The fourth-order valence-electron chi connectivity index (χ4n) is 3.57. The van der Waals surface area contributed by atoms with Gasteiger partial charge < -0.3 is 10.1 Å². The van der Waals surface area contributed by atoms with Gasteiger partial charge in [0.1, 0.15) is 5.75 Å². The summed E-state index contributed by atoms with van der Waals surface area (Å²) < 4.78 is 5.32. The average molecular weight is 329 g/mol. The first-order valence-corrected chi connectivity index (χ1v) is 8.11. The van der Waals surface area contributed by atoms with E-state index in [4.69, 9.17) is 4.74 Å². The molecule has 5 heteroatoms. The number of nitrogens with zero attached hydrogens (tertiary/aromatic N) is 1. The molecule has 25 heavy (non-hydrogen) atoms. The minimum atomic E-state index is -0.0817.